The van der Waals surface area contributed by atoms with Crippen LogP contribution in [0.3, 0.4) is 0 Å². The molecular formula is C9H12N4O. The first-order valence-electron chi connectivity index (χ1n) is 4.37. The van der Waals surface area contributed by atoms with Crippen molar-refractivity contribution in [2.24, 2.45) is 0 Å². The quantitative estimate of drug-likeness (QED) is 0.685. The number of aromatic nitrogens is 2. The Morgan fingerprint density at radius 2 is 2.07 bits per heavy atom. The summed E-state index contributed by atoms with van der Waals surface area (Å²) in [4.78, 5) is 9.45. The van der Waals surface area contributed by atoms with Crippen molar-refractivity contribution in [2.45, 2.75) is 6.92 Å². The summed E-state index contributed by atoms with van der Waals surface area (Å²) in [6.07, 6.45) is 1.60. The van der Waals surface area contributed by atoms with Gasteiger partial charge in [0, 0.05) is 0 Å². The van der Waals surface area contributed by atoms with Crippen LogP contribution in [0.25, 0.3) is 11.0 Å². The number of benzene rings is 1. The van der Waals surface area contributed by atoms with Gasteiger partial charge in [-0.2, -0.15) is 4.73 Å². The van der Waals surface area contributed by atoms with Crippen molar-refractivity contribution in [1.29, 1.82) is 0 Å². The molecule has 14 heavy (non-hydrogen) atoms. The van der Waals surface area contributed by atoms with Crippen molar-refractivity contribution in [3.63, 3.8) is 0 Å². The number of rotatable bonds is 2. The topological polar surface area (TPSA) is 79.1 Å². The SMILES string of the molecule is CCOn1cnc2cc(N)c(N)cc21. The van der Waals surface area contributed by atoms with Gasteiger partial charge in [0.1, 0.15) is 18.5 Å². The first kappa shape index (κ1) is 8.68. The molecule has 0 saturated carbocycles. The lowest BCUT2D eigenvalue weighted by molar-refractivity contribution is 0.131. The maximum atomic E-state index is 5.69. The number of hydrogen-bond acceptors (Lipinski definition) is 4. The first-order chi connectivity index (χ1) is 6.72. The molecule has 0 spiro atoms. The summed E-state index contributed by atoms with van der Waals surface area (Å²) in [7, 11) is 0. The van der Waals surface area contributed by atoms with E-state index in [4.69, 9.17) is 16.3 Å². The van der Waals surface area contributed by atoms with Gasteiger partial charge in [-0.05, 0) is 19.1 Å². The lowest BCUT2D eigenvalue weighted by Gasteiger charge is -2.05. The van der Waals surface area contributed by atoms with E-state index in [1.807, 2.05) is 6.92 Å². The number of nitrogen functional groups attached to an aromatic ring is 2. The summed E-state index contributed by atoms with van der Waals surface area (Å²) in [5, 5.41) is 0. The second-order valence-electron chi connectivity index (χ2n) is 2.96. The summed E-state index contributed by atoms with van der Waals surface area (Å²) >= 11 is 0. The molecular weight excluding hydrogens is 180 g/mol. The Balaban J connectivity index is 2.61. The van der Waals surface area contributed by atoms with E-state index < -0.39 is 0 Å². The van der Waals surface area contributed by atoms with Gasteiger partial charge in [-0.25, -0.2) is 4.98 Å². The molecule has 0 aliphatic heterocycles. The van der Waals surface area contributed by atoms with Gasteiger partial charge >= 0.3 is 0 Å². The molecule has 0 unspecified atom stereocenters. The molecule has 74 valence electrons. The van der Waals surface area contributed by atoms with Crippen molar-refractivity contribution < 1.29 is 4.84 Å². The van der Waals surface area contributed by atoms with E-state index in [0.29, 0.717) is 18.0 Å². The Labute approximate surface area is 81.2 Å². The van der Waals surface area contributed by atoms with Crippen molar-refractivity contribution >= 4 is 22.4 Å². The highest BCUT2D eigenvalue weighted by Crippen LogP contribution is 2.22. The highest BCUT2D eigenvalue weighted by molar-refractivity contribution is 5.85. The molecule has 2 aromatic rings. The zero-order chi connectivity index (χ0) is 10.1. The van der Waals surface area contributed by atoms with Crippen LogP contribution >= 0.6 is 0 Å². The fourth-order valence-electron chi connectivity index (χ4n) is 1.31. The van der Waals surface area contributed by atoms with Gasteiger partial charge in [-0.15, -0.1) is 0 Å². The molecule has 0 aliphatic carbocycles. The minimum absolute atomic E-state index is 0.541. The van der Waals surface area contributed by atoms with Gasteiger partial charge in [-0.3, -0.25) is 0 Å². The molecule has 0 atom stereocenters. The van der Waals surface area contributed by atoms with E-state index in [1.165, 1.54) is 0 Å². The summed E-state index contributed by atoms with van der Waals surface area (Å²) in [5.74, 6) is 0. The monoisotopic (exact) mass is 192 g/mol. The Hall–Kier alpha value is -1.91. The average Bonchev–Trinajstić information content (AvgIpc) is 2.51. The molecule has 2 rings (SSSR count). The molecule has 0 bridgehead atoms. The molecule has 0 fully saturated rings. The zero-order valence-electron chi connectivity index (χ0n) is 7.90. The van der Waals surface area contributed by atoms with Crippen LogP contribution in [0.1, 0.15) is 6.92 Å². The van der Waals surface area contributed by atoms with Gasteiger partial charge in [0.25, 0.3) is 0 Å². The molecule has 0 saturated heterocycles. The number of hydrogen-bond donors (Lipinski definition) is 2. The second kappa shape index (κ2) is 3.10. The third-order valence-corrected chi connectivity index (χ3v) is 1.99. The van der Waals surface area contributed by atoms with Gasteiger partial charge in [0.15, 0.2) is 0 Å². The minimum atomic E-state index is 0.541. The summed E-state index contributed by atoms with van der Waals surface area (Å²) in [6, 6.07) is 3.49. The predicted molar refractivity (Wildman–Crippen MR) is 55.7 cm³/mol. The van der Waals surface area contributed by atoms with Crippen LogP contribution in [0.15, 0.2) is 18.5 Å². The average molecular weight is 192 g/mol. The van der Waals surface area contributed by atoms with E-state index in [9.17, 15) is 0 Å². The van der Waals surface area contributed by atoms with Gasteiger partial charge in [0.2, 0.25) is 0 Å². The van der Waals surface area contributed by atoms with E-state index in [2.05, 4.69) is 4.98 Å². The van der Waals surface area contributed by atoms with Crippen LogP contribution in [0, 0.1) is 0 Å². The molecule has 0 aliphatic rings. The molecule has 5 nitrogen and oxygen atoms in total. The van der Waals surface area contributed by atoms with Crippen LogP contribution in [0.2, 0.25) is 0 Å². The second-order valence-corrected chi connectivity index (χ2v) is 2.96. The maximum absolute atomic E-state index is 5.69. The molecule has 0 amide bonds. The highest BCUT2D eigenvalue weighted by Gasteiger charge is 2.05. The number of anilines is 2. The molecule has 4 N–H and O–H groups in total. The zero-order valence-corrected chi connectivity index (χ0v) is 7.90. The fourth-order valence-corrected chi connectivity index (χ4v) is 1.31. The molecule has 1 aromatic heterocycles. The van der Waals surface area contributed by atoms with Gasteiger partial charge in [-0.1, -0.05) is 0 Å². The van der Waals surface area contributed by atoms with Crippen molar-refractivity contribution in [2.75, 3.05) is 18.1 Å². The maximum Gasteiger partial charge on any atom is 0.133 e. The lowest BCUT2D eigenvalue weighted by atomic mass is 10.2. The number of fused-ring (bicyclic) bond motifs is 1. The number of imidazole rings is 1. The van der Waals surface area contributed by atoms with Crippen LogP contribution in [-0.2, 0) is 0 Å². The van der Waals surface area contributed by atoms with Gasteiger partial charge in [0.05, 0.1) is 16.9 Å². The molecule has 0 radical (unpaired) electrons. The van der Waals surface area contributed by atoms with Crippen LogP contribution < -0.4 is 16.3 Å². The number of nitrogens with zero attached hydrogens (tertiary/aromatic N) is 2. The summed E-state index contributed by atoms with van der Waals surface area (Å²) < 4.78 is 1.59. The smallest absolute Gasteiger partial charge is 0.133 e. The van der Waals surface area contributed by atoms with Crippen molar-refractivity contribution in [3.8, 4) is 0 Å². The Kier molecular flexibility index (Phi) is 1.92. The van der Waals surface area contributed by atoms with Crippen molar-refractivity contribution in [3.05, 3.63) is 18.5 Å². The predicted octanol–water partition coefficient (Wildman–Crippen LogP) is 0.649. The summed E-state index contributed by atoms with van der Waals surface area (Å²) in [6.45, 7) is 2.49. The largest absolute Gasteiger partial charge is 0.413 e. The summed E-state index contributed by atoms with van der Waals surface area (Å²) in [5.41, 5.74) is 14.0. The van der Waals surface area contributed by atoms with E-state index in [-0.39, 0.29) is 0 Å². The molecule has 5 heteroatoms. The third-order valence-electron chi connectivity index (χ3n) is 1.99. The van der Waals surface area contributed by atoms with Crippen molar-refractivity contribution in [1.82, 2.24) is 9.71 Å². The Bertz CT molecular complexity index is 463. The van der Waals surface area contributed by atoms with Crippen LogP contribution in [0.5, 0.6) is 0 Å². The Morgan fingerprint density at radius 3 is 2.79 bits per heavy atom. The first-order valence-corrected chi connectivity index (χ1v) is 4.37. The minimum Gasteiger partial charge on any atom is -0.413 e. The highest BCUT2D eigenvalue weighted by atomic mass is 16.7. The standard InChI is InChI=1S/C9H12N4O/c1-2-14-13-5-12-8-3-6(10)7(11)4-9(8)13/h3-5H,2,10-11H2,1H3. The van der Waals surface area contributed by atoms with Gasteiger partial charge < -0.3 is 16.3 Å². The van der Waals surface area contributed by atoms with E-state index >= 15 is 0 Å². The van der Waals surface area contributed by atoms with Crippen LogP contribution in [0.4, 0.5) is 11.4 Å². The normalized spacial score (nSPS) is 10.6. The lowest BCUT2D eigenvalue weighted by Crippen LogP contribution is -2.09. The number of nitrogens with two attached hydrogens (primary N) is 2. The van der Waals surface area contributed by atoms with Crippen LogP contribution in [-0.4, -0.2) is 16.3 Å². The molecule has 1 aromatic carbocycles. The van der Waals surface area contributed by atoms with E-state index in [0.717, 1.165) is 11.0 Å². The Morgan fingerprint density at radius 1 is 1.36 bits per heavy atom. The van der Waals surface area contributed by atoms with E-state index in [1.54, 1.807) is 23.2 Å². The fraction of sp³-hybridized carbons (Fsp3) is 0.222. The third kappa shape index (κ3) is 1.22. The molecule has 1 heterocycles.